The number of aliphatic hydroxyl groups is 1. The minimum atomic E-state index is -0.687. The lowest BCUT2D eigenvalue weighted by molar-refractivity contribution is -0.385. The van der Waals surface area contributed by atoms with Crippen LogP contribution < -0.4 is 0 Å². The summed E-state index contributed by atoms with van der Waals surface area (Å²) in [6.07, 6.45) is 0.653. The Hall–Kier alpha value is -1.07. The van der Waals surface area contributed by atoms with Gasteiger partial charge in [-0.05, 0) is 26.3 Å². The van der Waals surface area contributed by atoms with Crippen LogP contribution in [0.4, 0.5) is 5.69 Å². The Morgan fingerprint density at radius 2 is 2.00 bits per heavy atom. The Morgan fingerprint density at radius 1 is 1.39 bits per heavy atom. The lowest BCUT2D eigenvalue weighted by Crippen LogP contribution is -2.18. The van der Waals surface area contributed by atoms with Crippen molar-refractivity contribution in [2.45, 2.75) is 44.6 Å². The summed E-state index contributed by atoms with van der Waals surface area (Å²) in [4.78, 5) is 11.0. The monoisotopic (exact) mass is 271 g/mol. The third-order valence-corrected chi connectivity index (χ3v) is 3.01. The molecule has 1 rings (SSSR count). The quantitative estimate of drug-likeness (QED) is 0.501. The Morgan fingerprint density at radius 3 is 2.50 bits per heavy atom. The molecule has 0 spiro atoms. The van der Waals surface area contributed by atoms with Crippen LogP contribution in [0, 0.1) is 10.1 Å². The molecule has 1 N–H and O–H groups in total. The second-order valence-electron chi connectivity index (χ2n) is 4.17. The number of nitro groups is 1. The van der Waals surface area contributed by atoms with Crippen molar-refractivity contribution in [3.63, 3.8) is 0 Å². The van der Waals surface area contributed by atoms with Gasteiger partial charge < -0.3 is 5.11 Å². The summed E-state index contributed by atoms with van der Waals surface area (Å²) in [5.74, 6) is 0.741. The molecule has 0 radical (unpaired) electrons. The van der Waals surface area contributed by atoms with Gasteiger partial charge in [0.15, 0.2) is 0 Å². The van der Waals surface area contributed by atoms with E-state index in [9.17, 15) is 15.2 Å². The maximum absolute atomic E-state index is 10.5. The van der Waals surface area contributed by atoms with Gasteiger partial charge in [-0.15, -0.1) is 11.8 Å². The van der Waals surface area contributed by atoms with Gasteiger partial charge in [0.1, 0.15) is 0 Å². The number of thioether (sulfide) groups is 1. The zero-order valence-corrected chi connectivity index (χ0v) is 12.2. The van der Waals surface area contributed by atoms with E-state index in [1.54, 1.807) is 26.0 Å². The Labute approximate surface area is 113 Å². The van der Waals surface area contributed by atoms with Gasteiger partial charge in [0.25, 0.3) is 5.69 Å². The van der Waals surface area contributed by atoms with Gasteiger partial charge in [-0.25, -0.2) is 0 Å². The SMILES string of the molecule is CC.CC(C)(O)CCSc1cccc([N+](=O)[O-])c1. The minimum absolute atomic E-state index is 0.105. The van der Waals surface area contributed by atoms with E-state index in [-0.39, 0.29) is 5.69 Å². The first kappa shape index (κ1) is 16.9. The van der Waals surface area contributed by atoms with Crippen LogP contribution >= 0.6 is 11.8 Å². The molecule has 0 heterocycles. The first-order chi connectivity index (χ1) is 8.38. The van der Waals surface area contributed by atoms with Crippen molar-refractivity contribution in [2.75, 3.05) is 5.75 Å². The smallest absolute Gasteiger partial charge is 0.270 e. The molecule has 5 heteroatoms. The molecule has 0 aliphatic carbocycles. The molecule has 102 valence electrons. The standard InChI is InChI=1S/C11H15NO3S.C2H6/c1-11(2,13)6-7-16-10-5-3-4-9(8-10)12(14)15;1-2/h3-5,8,13H,6-7H2,1-2H3;1-2H3. The average molecular weight is 271 g/mol. The summed E-state index contributed by atoms with van der Waals surface area (Å²) in [5, 5.41) is 20.1. The summed E-state index contributed by atoms with van der Waals surface area (Å²) in [5.41, 5.74) is -0.582. The van der Waals surface area contributed by atoms with Crippen LogP contribution in [0.3, 0.4) is 0 Å². The molecule has 0 unspecified atom stereocenters. The largest absolute Gasteiger partial charge is 0.390 e. The van der Waals surface area contributed by atoms with Crippen LogP contribution in [-0.4, -0.2) is 21.4 Å². The van der Waals surface area contributed by atoms with Crippen molar-refractivity contribution < 1.29 is 10.0 Å². The average Bonchev–Trinajstić information content (AvgIpc) is 2.30. The number of hydrogen-bond acceptors (Lipinski definition) is 4. The van der Waals surface area contributed by atoms with Gasteiger partial charge in [-0.1, -0.05) is 19.9 Å². The van der Waals surface area contributed by atoms with Crippen molar-refractivity contribution >= 4 is 17.4 Å². The van der Waals surface area contributed by atoms with Crippen LogP contribution in [-0.2, 0) is 0 Å². The third kappa shape index (κ3) is 7.29. The highest BCUT2D eigenvalue weighted by atomic mass is 32.2. The van der Waals surface area contributed by atoms with Gasteiger partial charge in [-0.2, -0.15) is 0 Å². The van der Waals surface area contributed by atoms with Crippen molar-refractivity contribution in [3.05, 3.63) is 34.4 Å². The molecule has 1 aromatic rings. The van der Waals surface area contributed by atoms with Gasteiger partial charge in [0, 0.05) is 22.8 Å². The second-order valence-corrected chi connectivity index (χ2v) is 5.33. The van der Waals surface area contributed by atoms with Gasteiger partial charge in [0.2, 0.25) is 0 Å². The van der Waals surface area contributed by atoms with Crippen LogP contribution in [0.25, 0.3) is 0 Å². The lowest BCUT2D eigenvalue weighted by atomic mass is 10.1. The molecule has 0 aliphatic rings. The van der Waals surface area contributed by atoms with E-state index < -0.39 is 10.5 Å². The Kier molecular flexibility index (Phi) is 7.62. The Bertz CT molecular complexity index is 375. The molecule has 0 saturated heterocycles. The van der Waals surface area contributed by atoms with Crippen LogP contribution in [0.5, 0.6) is 0 Å². The third-order valence-electron chi connectivity index (χ3n) is 2.01. The zero-order valence-electron chi connectivity index (χ0n) is 11.3. The molecule has 0 amide bonds. The molecule has 0 atom stereocenters. The topological polar surface area (TPSA) is 63.4 Å². The van der Waals surface area contributed by atoms with E-state index in [1.807, 2.05) is 19.9 Å². The predicted molar refractivity (Wildman–Crippen MR) is 76.1 cm³/mol. The second kappa shape index (κ2) is 8.11. The number of nitrogens with zero attached hydrogens (tertiary/aromatic N) is 1. The molecule has 4 nitrogen and oxygen atoms in total. The zero-order chi connectivity index (χ0) is 14.2. The first-order valence-electron chi connectivity index (χ1n) is 5.98. The molecular formula is C13H21NO3S. The van der Waals surface area contributed by atoms with Crippen LogP contribution in [0.1, 0.15) is 34.1 Å². The molecule has 18 heavy (non-hydrogen) atoms. The van der Waals surface area contributed by atoms with E-state index in [4.69, 9.17) is 0 Å². The fraction of sp³-hybridized carbons (Fsp3) is 0.538. The van der Waals surface area contributed by atoms with Crippen molar-refractivity contribution in [3.8, 4) is 0 Å². The van der Waals surface area contributed by atoms with Gasteiger partial charge >= 0.3 is 0 Å². The summed E-state index contributed by atoms with van der Waals surface area (Å²) in [6.45, 7) is 7.50. The number of benzene rings is 1. The molecule has 0 aliphatic heterocycles. The summed E-state index contributed by atoms with van der Waals surface area (Å²) < 4.78 is 0. The maximum atomic E-state index is 10.5. The van der Waals surface area contributed by atoms with Crippen LogP contribution in [0.2, 0.25) is 0 Å². The number of non-ortho nitro benzene ring substituents is 1. The van der Waals surface area contributed by atoms with Crippen molar-refractivity contribution in [1.29, 1.82) is 0 Å². The van der Waals surface area contributed by atoms with Crippen molar-refractivity contribution in [1.82, 2.24) is 0 Å². The lowest BCUT2D eigenvalue weighted by Gasteiger charge is -2.15. The highest BCUT2D eigenvalue weighted by Gasteiger charge is 2.12. The minimum Gasteiger partial charge on any atom is -0.390 e. The molecule has 1 aromatic carbocycles. The Balaban J connectivity index is 0.00000137. The van der Waals surface area contributed by atoms with E-state index in [0.717, 1.165) is 10.6 Å². The predicted octanol–water partition coefficient (Wildman–Crippen LogP) is 3.87. The normalized spacial score (nSPS) is 10.5. The van der Waals surface area contributed by atoms with E-state index in [1.165, 1.54) is 17.8 Å². The summed E-state index contributed by atoms with van der Waals surface area (Å²) in [7, 11) is 0. The molecule has 0 aromatic heterocycles. The van der Waals surface area contributed by atoms with E-state index >= 15 is 0 Å². The highest BCUT2D eigenvalue weighted by molar-refractivity contribution is 7.99. The van der Waals surface area contributed by atoms with Gasteiger partial charge in [-0.3, -0.25) is 10.1 Å². The fourth-order valence-electron chi connectivity index (χ4n) is 1.11. The van der Waals surface area contributed by atoms with Gasteiger partial charge in [0.05, 0.1) is 10.5 Å². The maximum Gasteiger partial charge on any atom is 0.270 e. The van der Waals surface area contributed by atoms with Crippen LogP contribution in [0.15, 0.2) is 29.2 Å². The first-order valence-corrected chi connectivity index (χ1v) is 6.97. The van der Waals surface area contributed by atoms with Crippen molar-refractivity contribution in [2.24, 2.45) is 0 Å². The molecule has 0 saturated carbocycles. The molecule has 0 fully saturated rings. The van der Waals surface area contributed by atoms with E-state index in [2.05, 4.69) is 0 Å². The highest BCUT2D eigenvalue weighted by Crippen LogP contribution is 2.25. The number of hydrogen-bond donors (Lipinski definition) is 1. The molecular weight excluding hydrogens is 250 g/mol. The summed E-state index contributed by atoms with van der Waals surface area (Å²) in [6, 6.07) is 6.53. The summed E-state index contributed by atoms with van der Waals surface area (Å²) >= 11 is 1.51. The van der Waals surface area contributed by atoms with E-state index in [0.29, 0.717) is 6.42 Å². The molecule has 0 bridgehead atoms. The fourth-order valence-corrected chi connectivity index (χ4v) is 2.32. The number of rotatable bonds is 5. The number of nitro benzene ring substituents is 1.